The molecule has 0 aliphatic carbocycles. The maximum absolute atomic E-state index is 9.56. The van der Waals surface area contributed by atoms with Crippen molar-refractivity contribution in [3.63, 3.8) is 0 Å². The Labute approximate surface area is 116 Å². The van der Waals surface area contributed by atoms with Crippen LogP contribution >= 0.6 is 0 Å². The van der Waals surface area contributed by atoms with Crippen LogP contribution in [0.4, 0.5) is 0 Å². The minimum atomic E-state index is -0.173. The van der Waals surface area contributed by atoms with E-state index in [1.54, 1.807) is 0 Å². The van der Waals surface area contributed by atoms with Gasteiger partial charge in [-0.25, -0.2) is 0 Å². The molecule has 106 valence electrons. The van der Waals surface area contributed by atoms with Gasteiger partial charge in [-0.05, 0) is 56.8 Å². The highest BCUT2D eigenvalue weighted by atomic mass is 16.5. The lowest BCUT2D eigenvalue weighted by Gasteiger charge is -2.17. The van der Waals surface area contributed by atoms with E-state index in [1.165, 1.54) is 5.56 Å². The Morgan fingerprint density at radius 1 is 1.47 bits per heavy atom. The molecule has 1 aromatic carbocycles. The Bertz CT molecular complexity index is 392. The van der Waals surface area contributed by atoms with Crippen LogP contribution in [0.15, 0.2) is 24.3 Å². The highest BCUT2D eigenvalue weighted by Crippen LogP contribution is 2.19. The summed E-state index contributed by atoms with van der Waals surface area (Å²) in [6, 6.07) is 8.18. The van der Waals surface area contributed by atoms with Crippen LogP contribution in [-0.4, -0.2) is 42.4 Å². The van der Waals surface area contributed by atoms with Crippen molar-refractivity contribution in [1.29, 1.82) is 0 Å². The van der Waals surface area contributed by atoms with E-state index < -0.39 is 0 Å². The molecule has 1 aromatic rings. The topological polar surface area (TPSA) is 32.7 Å². The summed E-state index contributed by atoms with van der Waals surface area (Å²) in [5.41, 5.74) is 1.23. The molecule has 2 rings (SSSR count). The van der Waals surface area contributed by atoms with Gasteiger partial charge in [-0.3, -0.25) is 0 Å². The Hall–Kier alpha value is -1.06. The highest BCUT2D eigenvalue weighted by Gasteiger charge is 2.25. The molecule has 3 nitrogen and oxygen atoms in total. The molecule has 0 aromatic heterocycles. The number of rotatable bonds is 6. The monoisotopic (exact) mass is 263 g/mol. The summed E-state index contributed by atoms with van der Waals surface area (Å²) in [7, 11) is 0. The Balaban J connectivity index is 1.62. The van der Waals surface area contributed by atoms with E-state index in [1.807, 2.05) is 19.1 Å². The van der Waals surface area contributed by atoms with E-state index in [9.17, 15) is 5.11 Å². The van der Waals surface area contributed by atoms with Gasteiger partial charge in [0.15, 0.2) is 0 Å². The molecule has 19 heavy (non-hydrogen) atoms. The normalized spacial score (nSPS) is 21.5. The predicted octanol–water partition coefficient (Wildman–Crippen LogP) is 2.47. The zero-order chi connectivity index (χ0) is 13.7. The van der Waals surface area contributed by atoms with Crippen molar-refractivity contribution in [2.45, 2.75) is 32.8 Å². The van der Waals surface area contributed by atoms with Gasteiger partial charge >= 0.3 is 0 Å². The molecule has 0 saturated carbocycles. The number of nitrogens with zero attached hydrogens (tertiary/aromatic N) is 1. The smallest absolute Gasteiger partial charge is 0.119 e. The summed E-state index contributed by atoms with van der Waals surface area (Å²) in [6.07, 6.45) is 1.99. The average Bonchev–Trinajstić information content (AvgIpc) is 2.84. The molecule has 1 heterocycles. The second-order valence-corrected chi connectivity index (χ2v) is 5.61. The van der Waals surface area contributed by atoms with Crippen LogP contribution in [0.2, 0.25) is 0 Å². The fourth-order valence-electron chi connectivity index (χ4n) is 2.64. The minimum Gasteiger partial charge on any atom is -0.494 e. The third-order valence-corrected chi connectivity index (χ3v) is 3.87. The van der Waals surface area contributed by atoms with Gasteiger partial charge in [0.1, 0.15) is 5.75 Å². The largest absolute Gasteiger partial charge is 0.494 e. The number of likely N-dealkylation sites (tertiary alicyclic amines) is 1. The Morgan fingerprint density at radius 3 is 3.00 bits per heavy atom. The summed E-state index contributed by atoms with van der Waals surface area (Å²) in [5, 5.41) is 9.56. The number of aliphatic hydroxyl groups excluding tert-OH is 1. The zero-order valence-electron chi connectivity index (χ0n) is 12.0. The van der Waals surface area contributed by atoms with Crippen molar-refractivity contribution < 1.29 is 9.84 Å². The van der Waals surface area contributed by atoms with Gasteiger partial charge in [0.05, 0.1) is 12.7 Å². The van der Waals surface area contributed by atoms with Crippen LogP contribution in [0.5, 0.6) is 5.75 Å². The molecule has 1 fully saturated rings. The second kappa shape index (κ2) is 6.92. The number of aliphatic hydroxyl groups is 1. The van der Waals surface area contributed by atoms with Gasteiger partial charge < -0.3 is 14.7 Å². The molecule has 1 N–H and O–H groups in total. The predicted molar refractivity (Wildman–Crippen MR) is 77.5 cm³/mol. The molecule has 2 atom stereocenters. The highest BCUT2D eigenvalue weighted by molar-refractivity contribution is 5.27. The van der Waals surface area contributed by atoms with Gasteiger partial charge in [0, 0.05) is 13.1 Å². The lowest BCUT2D eigenvalue weighted by atomic mass is 10.0. The van der Waals surface area contributed by atoms with Crippen LogP contribution in [-0.2, 0) is 0 Å². The summed E-state index contributed by atoms with van der Waals surface area (Å²) >= 11 is 0. The third-order valence-electron chi connectivity index (χ3n) is 3.87. The first-order chi connectivity index (χ1) is 9.15. The lowest BCUT2D eigenvalue weighted by Crippen LogP contribution is -2.26. The number of ether oxygens (including phenoxy) is 1. The maximum Gasteiger partial charge on any atom is 0.119 e. The Morgan fingerprint density at radius 2 is 2.32 bits per heavy atom. The molecule has 1 saturated heterocycles. The van der Waals surface area contributed by atoms with E-state index in [0.717, 1.165) is 44.8 Å². The summed E-state index contributed by atoms with van der Waals surface area (Å²) in [5.74, 6) is 1.42. The minimum absolute atomic E-state index is 0.173. The van der Waals surface area contributed by atoms with E-state index in [4.69, 9.17) is 4.74 Å². The average molecular weight is 263 g/mol. The van der Waals surface area contributed by atoms with Crippen molar-refractivity contribution in [3.05, 3.63) is 29.8 Å². The molecular weight excluding hydrogens is 238 g/mol. The first kappa shape index (κ1) is 14.4. The fourth-order valence-corrected chi connectivity index (χ4v) is 2.64. The zero-order valence-corrected chi connectivity index (χ0v) is 12.0. The van der Waals surface area contributed by atoms with Gasteiger partial charge in [0.25, 0.3) is 0 Å². The lowest BCUT2D eigenvalue weighted by molar-refractivity contribution is 0.127. The van der Waals surface area contributed by atoms with Crippen LogP contribution in [0.3, 0.4) is 0 Å². The molecular formula is C16H25NO2. The van der Waals surface area contributed by atoms with Crippen molar-refractivity contribution in [3.8, 4) is 5.75 Å². The van der Waals surface area contributed by atoms with Crippen molar-refractivity contribution in [2.24, 2.45) is 5.92 Å². The number of benzene rings is 1. The van der Waals surface area contributed by atoms with E-state index in [-0.39, 0.29) is 6.10 Å². The molecule has 0 bridgehead atoms. The maximum atomic E-state index is 9.56. The van der Waals surface area contributed by atoms with Crippen LogP contribution < -0.4 is 4.74 Å². The van der Waals surface area contributed by atoms with Gasteiger partial charge in [-0.1, -0.05) is 12.1 Å². The SMILES string of the molecule is Cc1cccc(OCCCN2CCC(C(C)O)C2)c1. The summed E-state index contributed by atoms with van der Waals surface area (Å²) in [4.78, 5) is 2.43. The number of hydrogen-bond donors (Lipinski definition) is 1. The number of aryl methyl sites for hydroxylation is 1. The molecule has 0 spiro atoms. The molecule has 2 unspecified atom stereocenters. The number of hydrogen-bond acceptors (Lipinski definition) is 3. The quantitative estimate of drug-likeness (QED) is 0.800. The molecule has 1 aliphatic rings. The fraction of sp³-hybridized carbons (Fsp3) is 0.625. The van der Waals surface area contributed by atoms with E-state index in [2.05, 4.69) is 24.0 Å². The van der Waals surface area contributed by atoms with Crippen LogP contribution in [0.25, 0.3) is 0 Å². The standard InChI is InChI=1S/C16H25NO2/c1-13-5-3-6-16(11-13)19-10-4-8-17-9-7-15(12-17)14(2)18/h3,5-6,11,14-15,18H,4,7-10,12H2,1-2H3. The Kier molecular flexibility index (Phi) is 5.23. The third kappa shape index (κ3) is 4.51. The van der Waals surface area contributed by atoms with E-state index >= 15 is 0 Å². The molecule has 3 heteroatoms. The van der Waals surface area contributed by atoms with Crippen LogP contribution in [0.1, 0.15) is 25.3 Å². The van der Waals surface area contributed by atoms with Gasteiger partial charge in [0.2, 0.25) is 0 Å². The van der Waals surface area contributed by atoms with Crippen LogP contribution in [0, 0.1) is 12.8 Å². The second-order valence-electron chi connectivity index (χ2n) is 5.61. The molecule has 0 amide bonds. The summed E-state index contributed by atoms with van der Waals surface area (Å²) in [6.45, 7) is 7.94. The molecule has 1 aliphatic heterocycles. The summed E-state index contributed by atoms with van der Waals surface area (Å²) < 4.78 is 5.74. The van der Waals surface area contributed by atoms with Crippen molar-refractivity contribution in [1.82, 2.24) is 4.90 Å². The van der Waals surface area contributed by atoms with Gasteiger partial charge in [-0.2, -0.15) is 0 Å². The first-order valence-electron chi connectivity index (χ1n) is 7.25. The van der Waals surface area contributed by atoms with Crippen molar-refractivity contribution in [2.75, 3.05) is 26.2 Å². The van der Waals surface area contributed by atoms with Gasteiger partial charge in [-0.15, -0.1) is 0 Å². The van der Waals surface area contributed by atoms with E-state index in [0.29, 0.717) is 5.92 Å². The van der Waals surface area contributed by atoms with Crippen molar-refractivity contribution >= 4 is 0 Å². The first-order valence-corrected chi connectivity index (χ1v) is 7.25. The molecule has 0 radical (unpaired) electrons.